The Morgan fingerprint density at radius 1 is 1.09 bits per heavy atom. The third-order valence-electron chi connectivity index (χ3n) is 7.05. The van der Waals surface area contributed by atoms with Crippen LogP contribution in [0, 0.1) is 45.6 Å². The van der Waals surface area contributed by atoms with Gasteiger partial charge in [0.05, 0.1) is 23.0 Å². The number of benzene rings is 1. The Bertz CT molecular complexity index is 1160. The molecule has 3 fully saturated rings. The van der Waals surface area contributed by atoms with Gasteiger partial charge in [0.15, 0.2) is 5.75 Å². The van der Waals surface area contributed by atoms with E-state index in [0.29, 0.717) is 23.4 Å². The maximum atomic E-state index is 12.9. The predicted octanol–water partition coefficient (Wildman–Crippen LogP) is 3.15. The molecular weight excluding hydrogens is 414 g/mol. The highest BCUT2D eigenvalue weighted by molar-refractivity contribution is 6.06. The van der Waals surface area contributed by atoms with Crippen LogP contribution < -0.4 is 4.74 Å². The van der Waals surface area contributed by atoms with Gasteiger partial charge in [0.2, 0.25) is 0 Å². The smallest absolute Gasteiger partial charge is 0.310 e. The SMILES string of the molecule is O=C1[C@@H]2[C@H]3C=C[C@@H]([C@@H]4C[C@H]34)[C@@H]2C(=O)N1/N=C\c1ccc(COc2ccccc2[N+](=O)[O-])o1. The van der Waals surface area contributed by atoms with Crippen molar-refractivity contribution in [1.82, 2.24) is 5.01 Å². The second kappa shape index (κ2) is 6.88. The van der Waals surface area contributed by atoms with Crippen LogP contribution in [0.25, 0.3) is 0 Å². The summed E-state index contributed by atoms with van der Waals surface area (Å²) in [6, 6.07) is 9.38. The quantitative estimate of drug-likeness (QED) is 0.227. The van der Waals surface area contributed by atoms with Gasteiger partial charge in [0.25, 0.3) is 11.8 Å². The highest BCUT2D eigenvalue weighted by Gasteiger charge is 2.67. The summed E-state index contributed by atoms with van der Waals surface area (Å²) in [6.45, 7) is -0.0117. The summed E-state index contributed by atoms with van der Waals surface area (Å²) in [5.41, 5.74) is -0.130. The predicted molar refractivity (Wildman–Crippen MR) is 110 cm³/mol. The fourth-order valence-corrected chi connectivity index (χ4v) is 5.59. The number of hydrogen-bond acceptors (Lipinski definition) is 7. The molecule has 2 heterocycles. The lowest BCUT2D eigenvalue weighted by Crippen LogP contribution is -2.40. The van der Waals surface area contributed by atoms with Crippen LogP contribution in [0.1, 0.15) is 17.9 Å². The highest BCUT2D eigenvalue weighted by Crippen LogP contribution is 2.65. The minimum atomic E-state index is -0.511. The first kappa shape index (κ1) is 19.0. The molecule has 1 aromatic carbocycles. The third-order valence-corrected chi connectivity index (χ3v) is 7.05. The lowest BCUT2D eigenvalue weighted by molar-refractivity contribution is -0.386. The fourth-order valence-electron chi connectivity index (χ4n) is 5.59. The minimum absolute atomic E-state index is 0.0117. The van der Waals surface area contributed by atoms with Crippen molar-refractivity contribution in [2.45, 2.75) is 13.0 Å². The number of para-hydroxylation sites is 2. The zero-order valence-electron chi connectivity index (χ0n) is 16.9. The third kappa shape index (κ3) is 2.80. The molecule has 9 heteroatoms. The van der Waals surface area contributed by atoms with E-state index in [9.17, 15) is 19.7 Å². The summed E-state index contributed by atoms with van der Waals surface area (Å²) in [5, 5.41) is 16.2. The molecule has 0 N–H and O–H groups in total. The molecule has 6 atom stereocenters. The van der Waals surface area contributed by atoms with Crippen LogP contribution in [-0.4, -0.2) is 28.0 Å². The number of furan rings is 1. The maximum Gasteiger partial charge on any atom is 0.310 e. The summed E-state index contributed by atoms with van der Waals surface area (Å²) < 4.78 is 11.1. The summed E-state index contributed by atoms with van der Waals surface area (Å²) >= 11 is 0. The molecule has 32 heavy (non-hydrogen) atoms. The van der Waals surface area contributed by atoms with Crippen molar-refractivity contribution >= 4 is 23.7 Å². The van der Waals surface area contributed by atoms with Gasteiger partial charge >= 0.3 is 5.69 Å². The fraction of sp³-hybridized carbons (Fsp3) is 0.348. The summed E-state index contributed by atoms with van der Waals surface area (Å²) in [5.74, 6) is 1.27. The topological polar surface area (TPSA) is 115 Å². The molecule has 0 radical (unpaired) electrons. The largest absolute Gasteiger partial charge is 0.479 e. The number of carbonyl (C=O) groups is 2. The molecule has 2 amide bonds. The molecule has 4 aliphatic carbocycles. The summed E-state index contributed by atoms with van der Waals surface area (Å²) in [4.78, 5) is 36.4. The van der Waals surface area contributed by atoms with Gasteiger partial charge in [-0.3, -0.25) is 19.7 Å². The lowest BCUT2D eigenvalue weighted by atomic mass is 9.63. The first-order chi connectivity index (χ1) is 15.5. The number of nitrogens with zero attached hydrogens (tertiary/aromatic N) is 3. The monoisotopic (exact) mass is 433 g/mol. The van der Waals surface area contributed by atoms with Crippen molar-refractivity contribution in [3.8, 4) is 5.75 Å². The molecule has 2 bridgehead atoms. The molecule has 1 aliphatic heterocycles. The molecule has 2 aromatic rings. The Morgan fingerprint density at radius 2 is 1.78 bits per heavy atom. The van der Waals surface area contributed by atoms with Crippen LogP contribution in [0.5, 0.6) is 5.75 Å². The van der Waals surface area contributed by atoms with Crippen LogP contribution in [0.4, 0.5) is 5.69 Å². The van der Waals surface area contributed by atoms with Crippen molar-refractivity contribution in [1.29, 1.82) is 0 Å². The number of amides is 2. The normalized spacial score (nSPS) is 31.8. The van der Waals surface area contributed by atoms with Crippen molar-refractivity contribution in [2.24, 2.45) is 40.6 Å². The van der Waals surface area contributed by atoms with E-state index in [0.717, 1.165) is 11.4 Å². The number of imide groups is 1. The van der Waals surface area contributed by atoms with Crippen molar-refractivity contribution < 1.29 is 23.7 Å². The van der Waals surface area contributed by atoms with Crippen molar-refractivity contribution in [3.05, 3.63) is 70.2 Å². The second-order valence-electron chi connectivity index (χ2n) is 8.71. The standard InChI is InChI=1S/C23H19N3O6/c27-22-20-14-7-8-15(17-9-16(14)17)21(20)23(28)25(22)24-10-12-5-6-13(32-12)11-31-19-4-2-1-3-18(19)26(29)30/h1-8,10,14-17,20-21H,9,11H2/b24-10-/t14-,15-,16-,17+,20-,21+/m0/s1. The summed E-state index contributed by atoms with van der Waals surface area (Å²) in [6.07, 6.45) is 6.70. The minimum Gasteiger partial charge on any atom is -0.479 e. The van der Waals surface area contributed by atoms with Crippen LogP contribution in [-0.2, 0) is 16.2 Å². The molecule has 162 valence electrons. The van der Waals surface area contributed by atoms with Crippen molar-refractivity contribution in [2.75, 3.05) is 0 Å². The Morgan fingerprint density at radius 3 is 2.47 bits per heavy atom. The molecule has 7 rings (SSSR count). The average molecular weight is 433 g/mol. The van der Waals surface area contributed by atoms with E-state index in [4.69, 9.17) is 9.15 Å². The van der Waals surface area contributed by atoms with Gasteiger partial charge in [-0.15, -0.1) is 0 Å². The Balaban J connectivity index is 1.14. The van der Waals surface area contributed by atoms with Gasteiger partial charge in [-0.2, -0.15) is 10.1 Å². The van der Waals surface area contributed by atoms with Crippen LogP contribution in [0.2, 0.25) is 0 Å². The molecule has 9 nitrogen and oxygen atoms in total. The van der Waals surface area contributed by atoms with Gasteiger partial charge in [-0.1, -0.05) is 24.3 Å². The molecule has 0 unspecified atom stereocenters. The van der Waals surface area contributed by atoms with Crippen LogP contribution >= 0.6 is 0 Å². The van der Waals surface area contributed by atoms with Crippen molar-refractivity contribution in [3.63, 3.8) is 0 Å². The van der Waals surface area contributed by atoms with Gasteiger partial charge < -0.3 is 9.15 Å². The highest BCUT2D eigenvalue weighted by atomic mass is 16.6. The van der Waals surface area contributed by atoms with E-state index in [1.54, 1.807) is 24.3 Å². The second-order valence-corrected chi connectivity index (χ2v) is 8.71. The molecule has 1 aromatic heterocycles. The van der Waals surface area contributed by atoms with E-state index in [-0.39, 0.29) is 53.5 Å². The van der Waals surface area contributed by atoms with Crippen LogP contribution in [0.3, 0.4) is 0 Å². The number of rotatable bonds is 6. The lowest BCUT2D eigenvalue weighted by Gasteiger charge is -2.37. The number of carbonyl (C=O) groups excluding carboxylic acids is 2. The average Bonchev–Trinajstić information content (AvgIpc) is 3.45. The molecule has 2 saturated carbocycles. The van der Waals surface area contributed by atoms with Gasteiger partial charge in [-0.25, -0.2) is 0 Å². The molecular formula is C23H19N3O6. The van der Waals surface area contributed by atoms with Gasteiger partial charge in [-0.05, 0) is 48.3 Å². The zero-order chi connectivity index (χ0) is 22.0. The van der Waals surface area contributed by atoms with Crippen LogP contribution in [0.15, 0.2) is 58.1 Å². The van der Waals surface area contributed by atoms with E-state index < -0.39 is 4.92 Å². The van der Waals surface area contributed by atoms with E-state index >= 15 is 0 Å². The Hall–Kier alpha value is -3.75. The molecule has 1 saturated heterocycles. The maximum absolute atomic E-state index is 12.9. The number of hydrogen-bond donors (Lipinski definition) is 0. The Kier molecular flexibility index (Phi) is 4.08. The van der Waals surface area contributed by atoms with Gasteiger partial charge in [0.1, 0.15) is 18.1 Å². The molecule has 5 aliphatic rings. The number of ether oxygens (including phenoxy) is 1. The van der Waals surface area contributed by atoms with E-state index in [2.05, 4.69) is 17.3 Å². The molecule has 0 spiro atoms. The first-order valence-corrected chi connectivity index (χ1v) is 10.6. The number of nitro groups is 1. The summed E-state index contributed by atoms with van der Waals surface area (Å²) in [7, 11) is 0. The number of allylic oxidation sites excluding steroid dienone is 2. The first-order valence-electron chi connectivity index (χ1n) is 10.6. The zero-order valence-corrected chi connectivity index (χ0v) is 16.9. The van der Waals surface area contributed by atoms with Gasteiger partial charge in [0, 0.05) is 6.07 Å². The van der Waals surface area contributed by atoms with E-state index in [1.807, 2.05) is 0 Å². The Labute approximate surface area is 182 Å². The number of hydrazone groups is 1. The number of nitro benzene ring substituents is 1. The van der Waals surface area contributed by atoms with E-state index in [1.165, 1.54) is 18.3 Å².